The normalized spacial score (nSPS) is 22.6. The zero-order chi connectivity index (χ0) is 13.8. The van der Waals surface area contributed by atoms with Gasteiger partial charge in [0.1, 0.15) is 12.4 Å². The Hall–Kier alpha value is -1.10. The lowest BCUT2D eigenvalue weighted by Gasteiger charge is -2.37. The highest BCUT2D eigenvalue weighted by molar-refractivity contribution is 5.33. The van der Waals surface area contributed by atoms with E-state index in [9.17, 15) is 0 Å². The Labute approximate surface area is 120 Å². The smallest absolute Gasteiger partial charge is 0.123 e. The third-order valence-corrected chi connectivity index (χ3v) is 4.50. The summed E-state index contributed by atoms with van der Waals surface area (Å²) < 4.78 is 11.3. The molecule has 0 spiro atoms. The van der Waals surface area contributed by atoms with Crippen molar-refractivity contribution in [3.05, 3.63) is 29.8 Å². The Morgan fingerprint density at radius 2 is 2.00 bits per heavy atom. The van der Waals surface area contributed by atoms with Crippen molar-refractivity contribution in [1.82, 2.24) is 4.90 Å². The second kappa shape index (κ2) is 6.57. The van der Waals surface area contributed by atoms with Gasteiger partial charge in [-0.05, 0) is 24.8 Å². The average Bonchev–Trinajstić information content (AvgIpc) is 2.71. The Bertz CT molecular complexity index is 432. The summed E-state index contributed by atoms with van der Waals surface area (Å²) >= 11 is 0. The van der Waals surface area contributed by atoms with Crippen LogP contribution in [0.4, 0.5) is 0 Å². The van der Waals surface area contributed by atoms with Gasteiger partial charge in [0.25, 0.3) is 0 Å². The Morgan fingerprint density at radius 3 is 2.80 bits per heavy atom. The van der Waals surface area contributed by atoms with Gasteiger partial charge in [-0.25, -0.2) is 0 Å². The average molecular weight is 276 g/mol. The molecule has 2 aliphatic rings. The molecule has 2 aliphatic heterocycles. The molecule has 0 saturated carbocycles. The summed E-state index contributed by atoms with van der Waals surface area (Å²) in [5, 5.41) is 0. The van der Waals surface area contributed by atoms with Gasteiger partial charge < -0.3 is 15.2 Å². The van der Waals surface area contributed by atoms with Crippen LogP contribution in [-0.2, 0) is 11.3 Å². The number of rotatable bonds is 3. The summed E-state index contributed by atoms with van der Waals surface area (Å²) in [5.74, 6) is 1.68. The maximum atomic E-state index is 6.08. The van der Waals surface area contributed by atoms with Gasteiger partial charge >= 0.3 is 0 Å². The van der Waals surface area contributed by atoms with E-state index in [0.29, 0.717) is 18.5 Å². The molecule has 1 unspecified atom stereocenters. The molecule has 0 aliphatic carbocycles. The van der Waals surface area contributed by atoms with E-state index in [1.54, 1.807) is 0 Å². The number of hydrogen-bond acceptors (Lipinski definition) is 4. The molecular formula is C16H24N2O2. The highest BCUT2D eigenvalue weighted by atomic mass is 16.5. The van der Waals surface area contributed by atoms with Gasteiger partial charge in [-0.2, -0.15) is 0 Å². The van der Waals surface area contributed by atoms with Crippen LogP contribution in [0, 0.1) is 5.92 Å². The first kappa shape index (κ1) is 13.9. The van der Waals surface area contributed by atoms with Crippen molar-refractivity contribution in [2.75, 3.05) is 32.9 Å². The van der Waals surface area contributed by atoms with Crippen molar-refractivity contribution >= 4 is 0 Å². The summed E-state index contributed by atoms with van der Waals surface area (Å²) in [6, 6.07) is 8.77. The third kappa shape index (κ3) is 2.97. The predicted octanol–water partition coefficient (Wildman–Crippen LogP) is 1.63. The number of ether oxygens (including phenoxy) is 2. The molecule has 1 atom stereocenters. The zero-order valence-corrected chi connectivity index (χ0v) is 12.0. The van der Waals surface area contributed by atoms with E-state index >= 15 is 0 Å². The molecule has 1 saturated heterocycles. The second-order valence-corrected chi connectivity index (χ2v) is 5.68. The molecule has 2 N–H and O–H groups in total. The molecule has 0 bridgehead atoms. The van der Waals surface area contributed by atoms with Crippen molar-refractivity contribution < 1.29 is 9.47 Å². The topological polar surface area (TPSA) is 47.7 Å². The van der Waals surface area contributed by atoms with Gasteiger partial charge in [0.2, 0.25) is 0 Å². The fourth-order valence-electron chi connectivity index (χ4n) is 3.37. The molecule has 20 heavy (non-hydrogen) atoms. The minimum atomic E-state index is 0.439. The van der Waals surface area contributed by atoms with E-state index in [2.05, 4.69) is 23.1 Å². The summed E-state index contributed by atoms with van der Waals surface area (Å²) in [5.41, 5.74) is 7.36. The van der Waals surface area contributed by atoms with Crippen LogP contribution in [0.25, 0.3) is 0 Å². The van der Waals surface area contributed by atoms with Crippen LogP contribution >= 0.6 is 0 Å². The number of hydrogen-bond donors (Lipinski definition) is 1. The molecule has 4 nitrogen and oxygen atoms in total. The van der Waals surface area contributed by atoms with Gasteiger partial charge in [-0.1, -0.05) is 18.2 Å². The first-order chi connectivity index (χ1) is 9.88. The maximum Gasteiger partial charge on any atom is 0.123 e. The number of para-hydroxylation sites is 1. The Kier molecular flexibility index (Phi) is 4.55. The molecule has 1 aromatic carbocycles. The van der Waals surface area contributed by atoms with E-state index in [1.165, 1.54) is 5.56 Å². The lowest BCUT2D eigenvalue weighted by atomic mass is 9.90. The second-order valence-electron chi connectivity index (χ2n) is 5.68. The molecule has 0 radical (unpaired) electrons. The summed E-state index contributed by atoms with van der Waals surface area (Å²) in [6.07, 6.45) is 2.25. The summed E-state index contributed by atoms with van der Waals surface area (Å²) in [7, 11) is 0. The van der Waals surface area contributed by atoms with Crippen molar-refractivity contribution in [2.24, 2.45) is 11.7 Å². The van der Waals surface area contributed by atoms with Crippen molar-refractivity contribution in [2.45, 2.75) is 25.4 Å². The molecule has 0 aromatic heterocycles. The predicted molar refractivity (Wildman–Crippen MR) is 78.7 cm³/mol. The summed E-state index contributed by atoms with van der Waals surface area (Å²) in [4.78, 5) is 2.50. The molecule has 1 aromatic rings. The van der Waals surface area contributed by atoms with E-state index in [-0.39, 0.29) is 0 Å². The minimum Gasteiger partial charge on any atom is -0.492 e. The molecule has 4 heteroatoms. The molecule has 3 rings (SSSR count). The number of nitrogens with zero attached hydrogens (tertiary/aromatic N) is 1. The number of fused-ring (bicyclic) bond motifs is 1. The van der Waals surface area contributed by atoms with Crippen LogP contribution in [0.15, 0.2) is 24.3 Å². The zero-order valence-electron chi connectivity index (χ0n) is 12.0. The Balaban J connectivity index is 1.74. The number of nitrogens with two attached hydrogens (primary N) is 1. The maximum absolute atomic E-state index is 6.08. The van der Waals surface area contributed by atoms with E-state index in [0.717, 1.165) is 51.5 Å². The van der Waals surface area contributed by atoms with Crippen LogP contribution in [0.5, 0.6) is 5.75 Å². The van der Waals surface area contributed by atoms with Gasteiger partial charge in [0.15, 0.2) is 0 Å². The molecule has 1 fully saturated rings. The SMILES string of the molecule is NCC(C1CCOCC1)N1CCOc2ccccc2C1. The highest BCUT2D eigenvalue weighted by Crippen LogP contribution is 2.28. The fraction of sp³-hybridized carbons (Fsp3) is 0.625. The first-order valence-electron chi connectivity index (χ1n) is 7.61. The van der Waals surface area contributed by atoms with Crippen molar-refractivity contribution in [3.63, 3.8) is 0 Å². The van der Waals surface area contributed by atoms with Gasteiger partial charge in [-0.3, -0.25) is 4.90 Å². The fourth-order valence-corrected chi connectivity index (χ4v) is 3.37. The number of benzene rings is 1. The lowest BCUT2D eigenvalue weighted by molar-refractivity contribution is 0.0242. The largest absolute Gasteiger partial charge is 0.492 e. The van der Waals surface area contributed by atoms with E-state index in [4.69, 9.17) is 15.2 Å². The van der Waals surface area contributed by atoms with Crippen LogP contribution < -0.4 is 10.5 Å². The van der Waals surface area contributed by atoms with Crippen LogP contribution in [0.3, 0.4) is 0 Å². The standard InChI is InChI=1S/C16H24N2O2/c17-11-15(13-5-8-19-9-6-13)18-7-10-20-16-4-2-1-3-14(16)12-18/h1-4,13,15H,5-12,17H2. The first-order valence-corrected chi connectivity index (χ1v) is 7.61. The van der Waals surface area contributed by atoms with E-state index < -0.39 is 0 Å². The molecule has 2 heterocycles. The molecular weight excluding hydrogens is 252 g/mol. The van der Waals surface area contributed by atoms with Gasteiger partial charge in [0.05, 0.1) is 0 Å². The highest BCUT2D eigenvalue weighted by Gasteiger charge is 2.29. The van der Waals surface area contributed by atoms with Crippen LogP contribution in [-0.4, -0.2) is 43.9 Å². The van der Waals surface area contributed by atoms with Crippen molar-refractivity contribution in [1.29, 1.82) is 0 Å². The van der Waals surface area contributed by atoms with E-state index in [1.807, 2.05) is 6.07 Å². The van der Waals surface area contributed by atoms with Crippen LogP contribution in [0.1, 0.15) is 18.4 Å². The quantitative estimate of drug-likeness (QED) is 0.911. The van der Waals surface area contributed by atoms with Gasteiger partial charge in [0, 0.05) is 44.5 Å². The Morgan fingerprint density at radius 1 is 1.20 bits per heavy atom. The monoisotopic (exact) mass is 276 g/mol. The minimum absolute atomic E-state index is 0.439. The lowest BCUT2D eigenvalue weighted by Crippen LogP contribution is -2.47. The van der Waals surface area contributed by atoms with Crippen molar-refractivity contribution in [3.8, 4) is 5.75 Å². The van der Waals surface area contributed by atoms with Gasteiger partial charge in [-0.15, -0.1) is 0 Å². The van der Waals surface area contributed by atoms with Crippen LogP contribution in [0.2, 0.25) is 0 Å². The summed E-state index contributed by atoms with van der Waals surface area (Å²) in [6.45, 7) is 5.11. The third-order valence-electron chi connectivity index (χ3n) is 4.50. The molecule has 110 valence electrons. The molecule has 0 amide bonds.